The molecule has 0 radical (unpaired) electrons. The van der Waals surface area contributed by atoms with Gasteiger partial charge in [-0.2, -0.15) is 0 Å². The summed E-state index contributed by atoms with van der Waals surface area (Å²) in [5.41, 5.74) is -1.22. The van der Waals surface area contributed by atoms with Crippen LogP contribution < -0.4 is 15.4 Å². The van der Waals surface area contributed by atoms with Crippen LogP contribution >= 0.6 is 27.3 Å². The van der Waals surface area contributed by atoms with Gasteiger partial charge in [-0.05, 0) is 73.0 Å². The molecule has 160 valence electrons. The zero-order chi connectivity index (χ0) is 21.9. The fourth-order valence-electron chi connectivity index (χ4n) is 2.91. The predicted molar refractivity (Wildman–Crippen MR) is 115 cm³/mol. The first-order valence-electron chi connectivity index (χ1n) is 9.31. The summed E-state index contributed by atoms with van der Waals surface area (Å²) in [6.45, 7) is 4.27. The molecule has 0 unspecified atom stereocenters. The number of hydrogen-bond donors (Lipinski definition) is 2. The Morgan fingerprint density at radius 2 is 1.87 bits per heavy atom. The fraction of sp³-hybridized carbons (Fsp3) is 0.350. The van der Waals surface area contributed by atoms with Crippen LogP contribution in [0.3, 0.4) is 0 Å². The van der Waals surface area contributed by atoms with E-state index in [9.17, 15) is 18.8 Å². The van der Waals surface area contributed by atoms with E-state index in [4.69, 9.17) is 4.74 Å². The third kappa shape index (κ3) is 5.37. The van der Waals surface area contributed by atoms with Gasteiger partial charge in [0.15, 0.2) is 5.06 Å². The summed E-state index contributed by atoms with van der Waals surface area (Å²) in [5.74, 6) is -1.59. The SMILES string of the molecule is CC(C)(NC(=O)Oc1ccc(Br)s1)C(=O)Nc1ccc(C(=O)N2CCCC2)cc1F. The molecule has 0 spiro atoms. The highest BCUT2D eigenvalue weighted by Crippen LogP contribution is 2.29. The molecule has 3 amide bonds. The predicted octanol–water partition coefficient (Wildman–Crippen LogP) is 4.39. The van der Waals surface area contributed by atoms with E-state index in [0.29, 0.717) is 18.2 Å². The second-order valence-corrected chi connectivity index (χ2v) is 9.77. The molecule has 7 nitrogen and oxygen atoms in total. The van der Waals surface area contributed by atoms with E-state index in [1.54, 1.807) is 17.0 Å². The van der Waals surface area contributed by atoms with Crippen LogP contribution in [0, 0.1) is 5.82 Å². The molecule has 1 aliphatic rings. The minimum absolute atomic E-state index is 0.0802. The lowest BCUT2D eigenvalue weighted by atomic mass is 10.0. The van der Waals surface area contributed by atoms with Crippen molar-refractivity contribution in [2.75, 3.05) is 18.4 Å². The van der Waals surface area contributed by atoms with Gasteiger partial charge in [-0.3, -0.25) is 9.59 Å². The first-order valence-corrected chi connectivity index (χ1v) is 10.9. The van der Waals surface area contributed by atoms with Crippen molar-refractivity contribution in [2.45, 2.75) is 32.2 Å². The minimum Gasteiger partial charge on any atom is -0.399 e. The standard InChI is InChI=1S/C20H21BrFN3O4S/c1-20(2,24-19(28)29-16-8-7-15(21)30-16)18(27)23-14-6-5-12(11-13(14)22)17(26)25-9-3-4-10-25/h5-8,11H,3-4,9-10H2,1-2H3,(H,23,27)(H,24,28). The van der Waals surface area contributed by atoms with Gasteiger partial charge in [0.1, 0.15) is 11.4 Å². The van der Waals surface area contributed by atoms with E-state index >= 15 is 0 Å². The maximum atomic E-state index is 14.5. The van der Waals surface area contributed by atoms with Crippen molar-refractivity contribution >= 4 is 50.9 Å². The Morgan fingerprint density at radius 3 is 2.47 bits per heavy atom. The number of ether oxygens (including phenoxy) is 1. The van der Waals surface area contributed by atoms with Crippen LogP contribution in [0.2, 0.25) is 0 Å². The number of halogens is 2. The van der Waals surface area contributed by atoms with Gasteiger partial charge >= 0.3 is 6.09 Å². The summed E-state index contributed by atoms with van der Waals surface area (Å²) in [7, 11) is 0. The zero-order valence-corrected chi connectivity index (χ0v) is 18.9. The van der Waals surface area contributed by atoms with E-state index in [0.717, 1.165) is 22.7 Å². The third-order valence-electron chi connectivity index (χ3n) is 4.58. The number of likely N-dealkylation sites (tertiary alicyclic amines) is 1. The Morgan fingerprint density at radius 1 is 1.17 bits per heavy atom. The van der Waals surface area contributed by atoms with Crippen molar-refractivity contribution < 1.29 is 23.5 Å². The molecule has 2 aromatic rings. The zero-order valence-electron chi connectivity index (χ0n) is 16.5. The van der Waals surface area contributed by atoms with E-state index < -0.39 is 23.4 Å². The number of anilines is 1. The second kappa shape index (κ2) is 9.13. The molecule has 30 heavy (non-hydrogen) atoms. The van der Waals surface area contributed by atoms with Gasteiger partial charge in [0.25, 0.3) is 5.91 Å². The van der Waals surface area contributed by atoms with Crippen LogP contribution in [0.1, 0.15) is 37.0 Å². The van der Waals surface area contributed by atoms with Crippen LogP contribution in [-0.2, 0) is 4.79 Å². The lowest BCUT2D eigenvalue weighted by molar-refractivity contribution is -0.121. The Hall–Kier alpha value is -2.46. The average molecular weight is 498 g/mol. The van der Waals surface area contributed by atoms with Gasteiger partial charge < -0.3 is 20.3 Å². The summed E-state index contributed by atoms with van der Waals surface area (Å²) in [6, 6.07) is 7.27. The summed E-state index contributed by atoms with van der Waals surface area (Å²) in [4.78, 5) is 38.7. The molecule has 2 heterocycles. The number of amides is 3. The molecule has 0 saturated carbocycles. The molecule has 1 saturated heterocycles. The Balaban J connectivity index is 1.62. The van der Waals surface area contributed by atoms with E-state index in [1.807, 2.05) is 0 Å². The largest absolute Gasteiger partial charge is 0.414 e. The average Bonchev–Trinajstić information content (AvgIpc) is 3.34. The van der Waals surface area contributed by atoms with Crippen molar-refractivity contribution in [2.24, 2.45) is 0 Å². The van der Waals surface area contributed by atoms with E-state index in [2.05, 4.69) is 26.6 Å². The first-order chi connectivity index (χ1) is 14.2. The van der Waals surface area contributed by atoms with Gasteiger partial charge in [-0.15, -0.1) is 0 Å². The number of hydrogen-bond acceptors (Lipinski definition) is 5. The van der Waals surface area contributed by atoms with Gasteiger partial charge in [0.05, 0.1) is 9.47 Å². The number of rotatable bonds is 5. The van der Waals surface area contributed by atoms with E-state index in [1.165, 1.54) is 37.3 Å². The van der Waals surface area contributed by atoms with Gasteiger partial charge in [0, 0.05) is 18.7 Å². The Labute approximate surface area is 185 Å². The second-order valence-electron chi connectivity index (χ2n) is 7.35. The number of carbonyl (C=O) groups excluding carboxylic acids is 3. The van der Waals surface area contributed by atoms with Crippen LogP contribution in [0.25, 0.3) is 0 Å². The van der Waals surface area contributed by atoms with Crippen LogP contribution in [-0.4, -0.2) is 41.4 Å². The first kappa shape index (κ1) is 22.2. The van der Waals surface area contributed by atoms with Crippen molar-refractivity contribution in [3.63, 3.8) is 0 Å². The van der Waals surface area contributed by atoms with Crippen molar-refractivity contribution in [3.8, 4) is 5.06 Å². The molecule has 0 atom stereocenters. The van der Waals surface area contributed by atoms with Gasteiger partial charge in [-0.25, -0.2) is 9.18 Å². The molecule has 2 N–H and O–H groups in total. The van der Waals surface area contributed by atoms with Crippen molar-refractivity contribution in [1.82, 2.24) is 10.2 Å². The monoisotopic (exact) mass is 497 g/mol. The molecule has 1 aliphatic heterocycles. The van der Waals surface area contributed by atoms with E-state index in [-0.39, 0.29) is 17.2 Å². The molecule has 1 fully saturated rings. The molecular weight excluding hydrogens is 477 g/mol. The molecule has 10 heteroatoms. The highest BCUT2D eigenvalue weighted by Gasteiger charge is 2.31. The summed E-state index contributed by atoms with van der Waals surface area (Å²) in [5, 5.41) is 5.26. The number of benzene rings is 1. The fourth-order valence-corrected chi connectivity index (χ4v) is 4.10. The number of thiophene rings is 1. The Kier molecular flexibility index (Phi) is 6.77. The molecule has 1 aromatic heterocycles. The lowest BCUT2D eigenvalue weighted by Crippen LogP contribution is -2.53. The van der Waals surface area contributed by atoms with Gasteiger partial charge in [0.2, 0.25) is 5.91 Å². The lowest BCUT2D eigenvalue weighted by Gasteiger charge is -2.24. The summed E-state index contributed by atoms with van der Waals surface area (Å²) in [6.07, 6.45) is 1.07. The Bertz CT molecular complexity index is 973. The number of nitrogens with one attached hydrogen (secondary N) is 2. The van der Waals surface area contributed by atoms with Crippen molar-refractivity contribution in [3.05, 3.63) is 45.5 Å². The molecule has 3 rings (SSSR count). The topological polar surface area (TPSA) is 87.7 Å². The molecular formula is C20H21BrFN3O4S. The van der Waals surface area contributed by atoms with Crippen LogP contribution in [0.5, 0.6) is 5.06 Å². The molecule has 0 bridgehead atoms. The molecule has 1 aromatic carbocycles. The third-order valence-corrected chi connectivity index (χ3v) is 6.08. The minimum atomic E-state index is -1.37. The normalized spacial score (nSPS) is 13.8. The molecule has 0 aliphatic carbocycles. The number of nitrogens with zero attached hydrogens (tertiary/aromatic N) is 1. The summed E-state index contributed by atoms with van der Waals surface area (Å²) >= 11 is 4.49. The highest BCUT2D eigenvalue weighted by atomic mass is 79.9. The smallest absolute Gasteiger partial charge is 0.399 e. The van der Waals surface area contributed by atoms with Crippen LogP contribution in [0.15, 0.2) is 34.1 Å². The quantitative estimate of drug-likeness (QED) is 0.640. The summed E-state index contributed by atoms with van der Waals surface area (Å²) < 4.78 is 20.4. The maximum absolute atomic E-state index is 14.5. The highest BCUT2D eigenvalue weighted by molar-refractivity contribution is 9.11. The van der Waals surface area contributed by atoms with Gasteiger partial charge in [-0.1, -0.05) is 11.3 Å². The maximum Gasteiger partial charge on any atom is 0.414 e. The number of carbonyl (C=O) groups is 3. The van der Waals surface area contributed by atoms with Crippen molar-refractivity contribution in [1.29, 1.82) is 0 Å². The van der Waals surface area contributed by atoms with Crippen LogP contribution in [0.4, 0.5) is 14.9 Å².